The summed E-state index contributed by atoms with van der Waals surface area (Å²) in [6.07, 6.45) is 4.01. The summed E-state index contributed by atoms with van der Waals surface area (Å²) in [5, 5.41) is 7.40. The minimum Gasteiger partial charge on any atom is -0.337 e. The predicted molar refractivity (Wildman–Crippen MR) is 70.1 cm³/mol. The molecule has 0 bridgehead atoms. The topological polar surface area (TPSA) is 59.8 Å². The van der Waals surface area contributed by atoms with Gasteiger partial charge in [0.15, 0.2) is 11.6 Å². The predicted octanol–water partition coefficient (Wildman–Crippen LogP) is 2.46. The summed E-state index contributed by atoms with van der Waals surface area (Å²) in [6.45, 7) is 3.78. The zero-order chi connectivity index (χ0) is 13.1. The van der Waals surface area contributed by atoms with Crippen molar-refractivity contribution in [2.75, 3.05) is 5.32 Å². The molecule has 2 aromatic heterocycles. The molecule has 0 aliphatic carbocycles. The third-order valence-corrected chi connectivity index (χ3v) is 2.69. The average molecular weight is 244 g/mol. The number of rotatable bonds is 4. The van der Waals surface area contributed by atoms with Crippen LogP contribution in [0.5, 0.6) is 0 Å². The van der Waals surface area contributed by atoms with Gasteiger partial charge in [-0.05, 0) is 18.6 Å². The van der Waals surface area contributed by atoms with Crippen LogP contribution in [-0.4, -0.2) is 20.5 Å². The van der Waals surface area contributed by atoms with E-state index >= 15 is 0 Å². The van der Waals surface area contributed by atoms with Crippen LogP contribution in [0.4, 0.5) is 11.5 Å². The number of hydrogen-bond donors (Lipinski definition) is 1. The van der Waals surface area contributed by atoms with E-state index in [0.29, 0.717) is 12.1 Å². The fraction of sp³-hybridized carbons (Fsp3) is 0.308. The average Bonchev–Trinajstić information content (AvgIpc) is 2.76. The van der Waals surface area contributed by atoms with E-state index in [9.17, 15) is 4.79 Å². The van der Waals surface area contributed by atoms with E-state index in [4.69, 9.17) is 0 Å². The molecule has 0 aliphatic rings. The maximum absolute atomic E-state index is 11.5. The van der Waals surface area contributed by atoms with Crippen LogP contribution >= 0.6 is 0 Å². The Morgan fingerprint density at radius 2 is 2.28 bits per heavy atom. The summed E-state index contributed by atoms with van der Waals surface area (Å²) in [5.41, 5.74) is 2.36. The van der Waals surface area contributed by atoms with Gasteiger partial charge >= 0.3 is 0 Å². The number of aromatic nitrogens is 3. The zero-order valence-electron chi connectivity index (χ0n) is 10.8. The number of Topliss-reactive ketones (excluding diaryl/α,β-unsaturated/α-hetero) is 1. The molecular formula is C13H16N4O. The molecule has 2 rings (SSSR count). The van der Waals surface area contributed by atoms with Gasteiger partial charge in [-0.25, -0.2) is 0 Å². The summed E-state index contributed by atoms with van der Waals surface area (Å²) in [5.74, 6) is 0.819. The second-order valence-corrected chi connectivity index (χ2v) is 4.16. The molecule has 0 unspecified atom stereocenters. The first-order chi connectivity index (χ1) is 8.60. The molecule has 94 valence electrons. The Labute approximate surface area is 106 Å². The van der Waals surface area contributed by atoms with Crippen molar-refractivity contribution in [3.8, 4) is 0 Å². The van der Waals surface area contributed by atoms with Gasteiger partial charge < -0.3 is 5.32 Å². The van der Waals surface area contributed by atoms with Crippen molar-refractivity contribution in [3.05, 3.63) is 35.8 Å². The van der Waals surface area contributed by atoms with Crippen LogP contribution in [0.2, 0.25) is 0 Å². The number of ketones is 1. The first kappa shape index (κ1) is 12.3. The van der Waals surface area contributed by atoms with Crippen molar-refractivity contribution in [1.29, 1.82) is 0 Å². The lowest BCUT2D eigenvalue weighted by atomic mass is 10.1. The van der Waals surface area contributed by atoms with Gasteiger partial charge in [-0.15, -0.1) is 0 Å². The molecule has 0 saturated carbocycles. The van der Waals surface area contributed by atoms with E-state index in [-0.39, 0.29) is 5.78 Å². The number of nitrogens with zero attached hydrogens (tertiary/aromatic N) is 3. The normalized spacial score (nSPS) is 10.4. The van der Waals surface area contributed by atoms with E-state index in [1.54, 1.807) is 16.9 Å². The molecule has 0 spiro atoms. The number of pyridine rings is 1. The van der Waals surface area contributed by atoms with Crippen LogP contribution in [0.1, 0.15) is 29.4 Å². The van der Waals surface area contributed by atoms with Crippen LogP contribution in [-0.2, 0) is 7.05 Å². The fourth-order valence-electron chi connectivity index (χ4n) is 1.64. The minimum atomic E-state index is 0.0579. The van der Waals surface area contributed by atoms with E-state index in [2.05, 4.69) is 15.4 Å². The highest BCUT2D eigenvalue weighted by Gasteiger charge is 2.08. The molecule has 2 heterocycles. The molecule has 0 amide bonds. The highest BCUT2D eigenvalue weighted by molar-refractivity contribution is 5.94. The number of hydrogen-bond acceptors (Lipinski definition) is 4. The number of aryl methyl sites for hydroxylation is 2. The van der Waals surface area contributed by atoms with Gasteiger partial charge in [0.05, 0.1) is 11.9 Å². The van der Waals surface area contributed by atoms with Gasteiger partial charge in [0.25, 0.3) is 0 Å². The van der Waals surface area contributed by atoms with Crippen LogP contribution in [0, 0.1) is 6.92 Å². The molecule has 0 aromatic carbocycles. The molecule has 0 radical (unpaired) electrons. The molecule has 2 aromatic rings. The molecule has 0 saturated heterocycles. The second kappa shape index (κ2) is 5.00. The molecular weight excluding hydrogens is 228 g/mol. The molecule has 0 atom stereocenters. The van der Waals surface area contributed by atoms with Crippen LogP contribution < -0.4 is 5.32 Å². The smallest absolute Gasteiger partial charge is 0.180 e. The number of carbonyl (C=O) groups is 1. The second-order valence-electron chi connectivity index (χ2n) is 4.16. The quantitative estimate of drug-likeness (QED) is 0.839. The van der Waals surface area contributed by atoms with Crippen molar-refractivity contribution in [3.63, 3.8) is 0 Å². The summed E-state index contributed by atoms with van der Waals surface area (Å²) in [7, 11) is 1.86. The van der Waals surface area contributed by atoms with E-state index in [0.717, 1.165) is 17.1 Å². The van der Waals surface area contributed by atoms with Crippen LogP contribution in [0.3, 0.4) is 0 Å². The van der Waals surface area contributed by atoms with Crippen molar-refractivity contribution in [2.24, 2.45) is 7.05 Å². The Morgan fingerprint density at radius 3 is 2.83 bits per heavy atom. The lowest BCUT2D eigenvalue weighted by molar-refractivity contribution is 0.0983. The monoisotopic (exact) mass is 244 g/mol. The van der Waals surface area contributed by atoms with Gasteiger partial charge in [-0.3, -0.25) is 14.5 Å². The molecule has 5 heteroatoms. The first-order valence-electron chi connectivity index (χ1n) is 5.86. The number of nitrogens with one attached hydrogen (secondary N) is 1. The summed E-state index contributed by atoms with van der Waals surface area (Å²) in [6, 6.07) is 3.68. The number of carbonyl (C=O) groups excluding carboxylic acids is 1. The maximum atomic E-state index is 11.5. The molecule has 0 aliphatic heterocycles. The van der Waals surface area contributed by atoms with Crippen molar-refractivity contribution in [2.45, 2.75) is 20.3 Å². The van der Waals surface area contributed by atoms with Crippen molar-refractivity contribution < 1.29 is 4.79 Å². The lowest BCUT2D eigenvalue weighted by Crippen LogP contribution is -2.03. The van der Waals surface area contributed by atoms with Gasteiger partial charge in [0.2, 0.25) is 0 Å². The van der Waals surface area contributed by atoms with Gasteiger partial charge in [-0.2, -0.15) is 5.10 Å². The molecule has 1 N–H and O–H groups in total. The van der Waals surface area contributed by atoms with Crippen molar-refractivity contribution in [1.82, 2.24) is 14.8 Å². The van der Waals surface area contributed by atoms with Gasteiger partial charge in [0, 0.05) is 25.7 Å². The SMILES string of the molecule is CCC(=O)c1cc(C)c(Nc2ccn(C)n2)cn1. The summed E-state index contributed by atoms with van der Waals surface area (Å²) < 4.78 is 1.72. The van der Waals surface area contributed by atoms with E-state index < -0.39 is 0 Å². The van der Waals surface area contributed by atoms with Gasteiger partial charge in [-0.1, -0.05) is 6.92 Å². The Kier molecular flexibility index (Phi) is 3.41. The fourth-order valence-corrected chi connectivity index (χ4v) is 1.64. The van der Waals surface area contributed by atoms with Gasteiger partial charge in [0.1, 0.15) is 5.69 Å². The molecule has 18 heavy (non-hydrogen) atoms. The lowest BCUT2D eigenvalue weighted by Gasteiger charge is -2.07. The molecule has 0 fully saturated rings. The first-order valence-corrected chi connectivity index (χ1v) is 5.86. The summed E-state index contributed by atoms with van der Waals surface area (Å²) in [4.78, 5) is 15.7. The highest BCUT2D eigenvalue weighted by Crippen LogP contribution is 2.19. The van der Waals surface area contributed by atoms with E-state index in [1.807, 2.05) is 33.2 Å². The third kappa shape index (κ3) is 2.56. The van der Waals surface area contributed by atoms with Crippen LogP contribution in [0.25, 0.3) is 0 Å². The highest BCUT2D eigenvalue weighted by atomic mass is 16.1. The number of anilines is 2. The van der Waals surface area contributed by atoms with E-state index in [1.165, 1.54) is 0 Å². The largest absolute Gasteiger partial charge is 0.337 e. The van der Waals surface area contributed by atoms with Crippen molar-refractivity contribution >= 4 is 17.3 Å². The Bertz CT molecular complexity index is 574. The summed E-state index contributed by atoms with van der Waals surface area (Å²) >= 11 is 0. The standard InChI is InChI=1S/C13H16N4O/c1-4-12(18)10-7-9(2)11(8-14-10)15-13-5-6-17(3)16-13/h5-8H,4H2,1-3H3,(H,15,16). The Balaban J connectivity index is 2.22. The third-order valence-electron chi connectivity index (χ3n) is 2.69. The molecule has 5 nitrogen and oxygen atoms in total. The zero-order valence-corrected chi connectivity index (χ0v) is 10.8. The van der Waals surface area contributed by atoms with Crippen LogP contribution in [0.15, 0.2) is 24.5 Å². The minimum absolute atomic E-state index is 0.0579. The Hall–Kier alpha value is -2.17. The maximum Gasteiger partial charge on any atom is 0.180 e. The Morgan fingerprint density at radius 1 is 1.50 bits per heavy atom.